The first-order chi connectivity index (χ1) is 13.7. The zero-order valence-corrected chi connectivity index (χ0v) is 16.6. The molecule has 3 aromatic heterocycles. The lowest BCUT2D eigenvalue weighted by Crippen LogP contribution is -2.26. The Hall–Kier alpha value is -2.70. The molecule has 0 aliphatic carbocycles. The van der Waals surface area contributed by atoms with E-state index in [1.54, 1.807) is 11.3 Å². The SMILES string of the molecule is Cn1cccc1C1CCCN1Cc1nc2scc(-c3ccccc3)c2c(=O)[nH]1. The molecule has 0 bridgehead atoms. The molecule has 1 N–H and O–H groups in total. The number of rotatable bonds is 4. The third-order valence-electron chi connectivity index (χ3n) is 5.62. The van der Waals surface area contributed by atoms with Crippen LogP contribution in [0.3, 0.4) is 0 Å². The lowest BCUT2D eigenvalue weighted by Gasteiger charge is -2.24. The summed E-state index contributed by atoms with van der Waals surface area (Å²) in [6.07, 6.45) is 4.40. The number of thiophene rings is 1. The van der Waals surface area contributed by atoms with Crippen LogP contribution in [0.2, 0.25) is 0 Å². The summed E-state index contributed by atoms with van der Waals surface area (Å²) in [7, 11) is 2.09. The maximum Gasteiger partial charge on any atom is 0.260 e. The van der Waals surface area contributed by atoms with Crippen LogP contribution in [-0.4, -0.2) is 26.0 Å². The average Bonchev–Trinajstić information content (AvgIpc) is 3.42. The van der Waals surface area contributed by atoms with Gasteiger partial charge in [0, 0.05) is 29.9 Å². The van der Waals surface area contributed by atoms with Crippen LogP contribution in [0.25, 0.3) is 21.3 Å². The third-order valence-corrected chi connectivity index (χ3v) is 6.49. The summed E-state index contributed by atoms with van der Waals surface area (Å²) in [6, 6.07) is 14.7. The van der Waals surface area contributed by atoms with E-state index in [0.29, 0.717) is 18.0 Å². The van der Waals surface area contributed by atoms with Crippen molar-refractivity contribution in [2.75, 3.05) is 6.54 Å². The average molecular weight is 391 g/mol. The fraction of sp³-hybridized carbons (Fsp3) is 0.273. The molecule has 1 saturated heterocycles. The van der Waals surface area contributed by atoms with Crippen molar-refractivity contribution >= 4 is 21.6 Å². The first-order valence-electron chi connectivity index (χ1n) is 9.62. The molecule has 4 aromatic rings. The fourth-order valence-electron chi connectivity index (χ4n) is 4.26. The van der Waals surface area contributed by atoms with E-state index in [1.807, 2.05) is 35.7 Å². The molecule has 0 amide bonds. The summed E-state index contributed by atoms with van der Waals surface area (Å²) in [5.74, 6) is 0.750. The monoisotopic (exact) mass is 390 g/mol. The highest BCUT2D eigenvalue weighted by Gasteiger charge is 2.28. The number of nitrogens with one attached hydrogen (secondary N) is 1. The first kappa shape index (κ1) is 17.4. The van der Waals surface area contributed by atoms with Crippen molar-refractivity contribution < 1.29 is 0 Å². The fourth-order valence-corrected chi connectivity index (χ4v) is 5.23. The number of benzene rings is 1. The van der Waals surface area contributed by atoms with Gasteiger partial charge in [-0.2, -0.15) is 0 Å². The second-order valence-corrected chi connectivity index (χ2v) is 8.24. The summed E-state index contributed by atoms with van der Waals surface area (Å²) < 4.78 is 2.19. The molecule has 0 saturated carbocycles. The van der Waals surface area contributed by atoms with Gasteiger partial charge in [-0.3, -0.25) is 9.69 Å². The number of fused-ring (bicyclic) bond motifs is 1. The number of hydrogen-bond donors (Lipinski definition) is 1. The Morgan fingerprint density at radius 3 is 2.86 bits per heavy atom. The van der Waals surface area contributed by atoms with E-state index in [2.05, 4.69) is 39.8 Å². The van der Waals surface area contributed by atoms with Gasteiger partial charge in [0.1, 0.15) is 10.7 Å². The van der Waals surface area contributed by atoms with Crippen LogP contribution in [0, 0.1) is 0 Å². The maximum absolute atomic E-state index is 12.9. The Morgan fingerprint density at radius 2 is 2.07 bits per heavy atom. The van der Waals surface area contributed by atoms with E-state index in [0.717, 1.165) is 34.7 Å². The largest absolute Gasteiger partial charge is 0.353 e. The molecular weight excluding hydrogens is 368 g/mol. The zero-order valence-electron chi connectivity index (χ0n) is 15.8. The van der Waals surface area contributed by atoms with E-state index in [1.165, 1.54) is 12.1 Å². The highest BCUT2D eigenvalue weighted by Crippen LogP contribution is 2.34. The summed E-state index contributed by atoms with van der Waals surface area (Å²) in [4.78, 5) is 24.0. The molecule has 142 valence electrons. The Balaban J connectivity index is 1.48. The highest BCUT2D eigenvalue weighted by molar-refractivity contribution is 7.17. The van der Waals surface area contributed by atoms with Crippen LogP contribution in [0.5, 0.6) is 0 Å². The van der Waals surface area contributed by atoms with Gasteiger partial charge in [-0.25, -0.2) is 4.98 Å². The first-order valence-corrected chi connectivity index (χ1v) is 10.5. The molecule has 1 fully saturated rings. The molecule has 1 unspecified atom stereocenters. The minimum atomic E-state index is -0.0466. The second-order valence-electron chi connectivity index (χ2n) is 7.38. The van der Waals surface area contributed by atoms with Gasteiger partial charge < -0.3 is 9.55 Å². The van der Waals surface area contributed by atoms with Gasteiger partial charge in [0.15, 0.2) is 0 Å². The van der Waals surface area contributed by atoms with Gasteiger partial charge in [-0.05, 0) is 37.1 Å². The number of nitrogens with zero attached hydrogens (tertiary/aromatic N) is 3. The zero-order chi connectivity index (χ0) is 19.1. The molecule has 5 rings (SSSR count). The van der Waals surface area contributed by atoms with Crippen molar-refractivity contribution in [3.05, 3.63) is 75.9 Å². The highest BCUT2D eigenvalue weighted by atomic mass is 32.1. The lowest BCUT2D eigenvalue weighted by molar-refractivity contribution is 0.235. The van der Waals surface area contributed by atoms with Gasteiger partial charge >= 0.3 is 0 Å². The van der Waals surface area contributed by atoms with Gasteiger partial charge in [0.25, 0.3) is 5.56 Å². The summed E-state index contributed by atoms with van der Waals surface area (Å²) in [6.45, 7) is 1.69. The van der Waals surface area contributed by atoms with Crippen molar-refractivity contribution in [2.24, 2.45) is 7.05 Å². The summed E-state index contributed by atoms with van der Waals surface area (Å²) in [5, 5.41) is 2.73. The molecule has 5 nitrogen and oxygen atoms in total. The van der Waals surface area contributed by atoms with Crippen LogP contribution in [0.1, 0.15) is 30.4 Å². The van der Waals surface area contributed by atoms with Gasteiger partial charge in [-0.1, -0.05) is 30.3 Å². The normalized spacial score (nSPS) is 17.5. The number of aryl methyl sites for hydroxylation is 1. The number of H-pyrrole nitrogens is 1. The van der Waals surface area contributed by atoms with E-state index in [4.69, 9.17) is 4.98 Å². The van der Waals surface area contributed by atoms with E-state index in [9.17, 15) is 4.79 Å². The predicted molar refractivity (Wildman–Crippen MR) is 113 cm³/mol. The molecule has 1 aromatic carbocycles. The molecule has 1 aliphatic rings. The standard InChI is InChI=1S/C22H22N4OS/c1-25-11-5-9-17(25)18-10-6-12-26(18)13-19-23-21(27)20-16(14-28-22(20)24-19)15-7-3-2-4-8-15/h2-5,7-9,11,14,18H,6,10,12-13H2,1H3,(H,23,24,27). The van der Waals surface area contributed by atoms with Crippen LogP contribution >= 0.6 is 11.3 Å². The van der Waals surface area contributed by atoms with Gasteiger partial charge in [0.2, 0.25) is 0 Å². The molecular formula is C22H22N4OS. The number of hydrogen-bond acceptors (Lipinski definition) is 4. The van der Waals surface area contributed by atoms with Gasteiger partial charge in [0.05, 0.1) is 18.0 Å². The predicted octanol–water partition coefficient (Wildman–Crippen LogP) is 4.33. The molecule has 0 spiro atoms. The van der Waals surface area contributed by atoms with Crippen molar-refractivity contribution in [2.45, 2.75) is 25.4 Å². The van der Waals surface area contributed by atoms with E-state index in [-0.39, 0.29) is 5.56 Å². The molecule has 4 heterocycles. The lowest BCUT2D eigenvalue weighted by atomic mass is 10.1. The Kier molecular flexibility index (Phi) is 4.37. The Labute approximate surface area is 167 Å². The van der Waals surface area contributed by atoms with Crippen molar-refractivity contribution in [3.8, 4) is 11.1 Å². The Bertz CT molecular complexity index is 1170. The van der Waals surface area contributed by atoms with Crippen LogP contribution < -0.4 is 5.56 Å². The van der Waals surface area contributed by atoms with E-state index < -0.39 is 0 Å². The molecule has 0 radical (unpaired) electrons. The topological polar surface area (TPSA) is 53.9 Å². The second kappa shape index (κ2) is 7.04. The summed E-state index contributed by atoms with van der Waals surface area (Å²) in [5.41, 5.74) is 3.29. The van der Waals surface area contributed by atoms with Crippen LogP contribution in [0.4, 0.5) is 0 Å². The number of aromatic nitrogens is 3. The minimum absolute atomic E-state index is 0.0466. The van der Waals surface area contributed by atoms with E-state index >= 15 is 0 Å². The van der Waals surface area contributed by atoms with Crippen LogP contribution in [0.15, 0.2) is 58.8 Å². The Morgan fingerprint density at radius 1 is 1.21 bits per heavy atom. The smallest absolute Gasteiger partial charge is 0.260 e. The number of aromatic amines is 1. The maximum atomic E-state index is 12.9. The molecule has 1 aliphatic heterocycles. The molecule has 6 heteroatoms. The van der Waals surface area contributed by atoms with Gasteiger partial charge in [-0.15, -0.1) is 11.3 Å². The third kappa shape index (κ3) is 2.99. The van der Waals surface area contributed by atoms with Crippen molar-refractivity contribution in [3.63, 3.8) is 0 Å². The summed E-state index contributed by atoms with van der Waals surface area (Å²) >= 11 is 1.54. The van der Waals surface area contributed by atoms with Crippen LogP contribution in [-0.2, 0) is 13.6 Å². The minimum Gasteiger partial charge on any atom is -0.353 e. The quantitative estimate of drug-likeness (QED) is 0.564. The van der Waals surface area contributed by atoms with Crippen molar-refractivity contribution in [1.82, 2.24) is 19.4 Å². The van der Waals surface area contributed by atoms with Crippen molar-refractivity contribution in [1.29, 1.82) is 0 Å². The number of likely N-dealkylation sites (tertiary alicyclic amines) is 1. The molecule has 28 heavy (non-hydrogen) atoms. The molecule has 1 atom stereocenters.